The fourth-order valence-electron chi connectivity index (χ4n) is 17.7. The second-order valence-electron chi connectivity index (χ2n) is 35.4. The van der Waals surface area contributed by atoms with Crippen molar-refractivity contribution in [3.8, 4) is 5.75 Å². The zero-order valence-electron chi connectivity index (χ0n) is 75.7. The van der Waals surface area contributed by atoms with Gasteiger partial charge in [0.2, 0.25) is 5.91 Å². The number of carbonyl (C=O) groups excluding carboxylic acids is 5. The van der Waals surface area contributed by atoms with Gasteiger partial charge in [0, 0.05) is 158 Å². The molecule has 0 bridgehead atoms. The normalized spacial score (nSPS) is 17.5. The van der Waals surface area contributed by atoms with Gasteiger partial charge in [-0.25, -0.2) is 76.9 Å². The highest BCUT2D eigenvalue weighted by molar-refractivity contribution is 6.61. The molecule has 10 aromatic heterocycles. The lowest BCUT2D eigenvalue weighted by Crippen LogP contribution is -2.54. The fraction of sp³-hybridized carbons (Fsp3) is 0.478. The minimum absolute atomic E-state index is 0.0411. The van der Waals surface area contributed by atoms with Gasteiger partial charge in [0.05, 0.1) is 32.5 Å². The minimum atomic E-state index is -4.73. The summed E-state index contributed by atoms with van der Waals surface area (Å²) in [5.74, 6) is -3.94. The number of urea groups is 1. The summed E-state index contributed by atoms with van der Waals surface area (Å²) in [5, 5.41) is 19.4. The van der Waals surface area contributed by atoms with E-state index in [0.29, 0.717) is 84.1 Å². The molecule has 5 N–H and O–H groups in total. The maximum atomic E-state index is 14.5. The first kappa shape index (κ1) is 98.1. The van der Waals surface area contributed by atoms with E-state index in [-0.39, 0.29) is 102 Å². The maximum Gasteiger partial charge on any atom is 0.410 e. The molecule has 0 spiro atoms. The Labute approximate surface area is 768 Å². The topological polar surface area (TPSA) is 426 Å². The van der Waals surface area contributed by atoms with Crippen LogP contribution in [0.2, 0.25) is 0 Å². The standard InChI is InChI=1S/C27H29F5N6O3.C17H24N4O3.C16H22N4O3.C12H16N4O.C11H14N4O.C7H4ClNO4/c1-35-23-21(6-3-11-33-23)38(26(35)41)17-9-12-36(13-10-17)25(40)34-20-8-7-16(18-4-2-5-19(28)22(18)29)14-37(24(20)39)15-27(30,31)32;1-17(2,3)24-16(23)20-10-7-12(8-11-20)21-13-6-5-9-18-14(13)19(4)15(21)22;1-16(2,3)23-15(22)19-9-6-11(7-10-19)20-12-5-4-8-17-13(12)18-14(20)21;1-15-11-10(3-2-6-14-11)16(12(15)17)9-4-7-13-8-5-9;16-11-14-10-9(2-1-5-13-10)15(11)8-3-6-12-7-4-8;8-7(10)13-6-3-1-5(2-4-6)9(11)12/h2-6,11,16-17,20H,7-10,12-15H2,1H3,(H,34,40);5-6,9,12H,7-8,10-11H2,1-4H3;4-5,8,11H,6-7,9-10H2,1-3H3,(H,17,18,21);2-3,6,9,13H,4-5,7-8H2,1H3;1-2,5,8,12H,3-4,6-7H2,(H,13,14,16);1-4H/t16-,20-;;;;;/m1...../s1. The summed E-state index contributed by atoms with van der Waals surface area (Å²) < 4.78 is 97.3. The van der Waals surface area contributed by atoms with E-state index in [9.17, 15) is 80.0 Å². The largest absolute Gasteiger partial charge is 0.444 e. The van der Waals surface area contributed by atoms with E-state index in [1.807, 2.05) is 104 Å². The number of nitro benzene ring substituents is 1. The van der Waals surface area contributed by atoms with Crippen molar-refractivity contribution in [3.63, 3.8) is 0 Å². The third kappa shape index (κ3) is 23.6. The SMILES string of the molecule is CC(C)(C)OC(=O)N1CCC(n2c(=O)[nH]c3ncccc32)CC1.Cn1c(=O)n(C2CCN(C(=O)N[C@@H]3CC[C@@H](c4cccc(F)c4F)CN(CC(F)(F)F)C3=O)CC2)c2cccnc21.Cn1c(=O)n(C2CCN(C(=O)OC(C)(C)C)CC2)c2cccnc21.Cn1c(=O)n(C2CCNCC2)c2cccnc21.O=C(Cl)Oc1ccc([N+](=O)[O-])cc1.O=c1[nH]c2ncccc2n1C1CCNCC1. The summed E-state index contributed by atoms with van der Waals surface area (Å²) in [4.78, 5) is 164. The molecule has 716 valence electrons. The molecule has 0 unspecified atom stereocenters. The molecule has 38 nitrogen and oxygen atoms in total. The Morgan fingerprint density at radius 1 is 0.485 bits per heavy atom. The van der Waals surface area contributed by atoms with Crippen LogP contribution in [-0.2, 0) is 35.4 Å². The first-order valence-electron chi connectivity index (χ1n) is 44.3. The first-order chi connectivity index (χ1) is 63.8. The molecule has 6 aliphatic rings. The predicted molar refractivity (Wildman–Crippen MR) is 488 cm³/mol. The molecule has 0 radical (unpaired) electrons. The minimum Gasteiger partial charge on any atom is -0.444 e. The van der Waals surface area contributed by atoms with Crippen molar-refractivity contribution in [2.75, 3.05) is 78.5 Å². The molecular formula is C90H109ClF5N23O15. The van der Waals surface area contributed by atoms with Crippen molar-refractivity contribution in [2.45, 2.75) is 178 Å². The van der Waals surface area contributed by atoms with Crippen molar-refractivity contribution in [1.82, 2.24) is 107 Å². The molecule has 0 saturated carbocycles. The molecule has 18 rings (SSSR count). The van der Waals surface area contributed by atoms with Crippen LogP contribution in [0.25, 0.3) is 55.8 Å². The van der Waals surface area contributed by atoms with Gasteiger partial charge in [0.1, 0.15) is 29.5 Å². The van der Waals surface area contributed by atoms with Crippen LogP contribution in [0.15, 0.2) is 158 Å². The van der Waals surface area contributed by atoms with E-state index in [1.165, 1.54) is 45.9 Å². The number of nitrogens with one attached hydrogen (secondary N) is 5. The van der Waals surface area contributed by atoms with Gasteiger partial charge in [0.25, 0.3) is 5.69 Å². The number of aromatic nitrogens is 15. The molecule has 5 amide bonds. The first-order valence-corrected chi connectivity index (χ1v) is 44.7. The number of benzene rings is 2. The number of fused-ring (bicyclic) bond motifs is 5. The van der Waals surface area contributed by atoms with Gasteiger partial charge in [-0.15, -0.1) is 0 Å². The summed E-state index contributed by atoms with van der Waals surface area (Å²) in [6.45, 7) is 15.9. The quantitative estimate of drug-likeness (QED) is 0.0367. The number of hydrogen-bond acceptors (Lipinski definition) is 22. The van der Waals surface area contributed by atoms with Crippen molar-refractivity contribution in [3.05, 3.63) is 214 Å². The smallest absolute Gasteiger partial charge is 0.410 e. The predicted octanol–water partition coefficient (Wildman–Crippen LogP) is 11.9. The molecule has 6 saturated heterocycles. The van der Waals surface area contributed by atoms with Gasteiger partial charge >= 0.3 is 58.3 Å². The third-order valence-corrected chi connectivity index (χ3v) is 24.2. The third-order valence-electron chi connectivity index (χ3n) is 24.1. The summed E-state index contributed by atoms with van der Waals surface area (Å²) in [5.41, 5.74) is 4.94. The molecule has 44 heteroatoms. The summed E-state index contributed by atoms with van der Waals surface area (Å²) in [7, 11) is 5.16. The van der Waals surface area contributed by atoms with Crippen LogP contribution in [0.5, 0.6) is 5.75 Å². The number of likely N-dealkylation sites (tertiary alicyclic amines) is 4. The van der Waals surface area contributed by atoms with Gasteiger partial charge in [-0.3, -0.25) is 61.4 Å². The number of carbonyl (C=O) groups is 5. The maximum absolute atomic E-state index is 14.5. The van der Waals surface area contributed by atoms with E-state index in [4.69, 9.17) is 21.1 Å². The van der Waals surface area contributed by atoms with Crippen LogP contribution in [0.3, 0.4) is 0 Å². The number of piperidine rings is 5. The molecule has 6 fully saturated rings. The Kier molecular flexibility index (Phi) is 31.2. The van der Waals surface area contributed by atoms with Gasteiger partial charge in [-0.2, -0.15) is 13.2 Å². The molecule has 2 atom stereocenters. The summed E-state index contributed by atoms with van der Waals surface area (Å²) in [6.07, 6.45) is 10.9. The van der Waals surface area contributed by atoms with Crippen LogP contribution in [0.4, 0.5) is 46.8 Å². The number of halogens is 6. The van der Waals surface area contributed by atoms with Crippen LogP contribution in [-0.4, -0.2) is 227 Å². The average Bonchev–Trinajstić information content (AvgIpc) is 1.60. The average molecular weight is 1880 g/mol. The lowest BCUT2D eigenvalue weighted by atomic mass is 9.93. The zero-order chi connectivity index (χ0) is 96.2. The number of H-pyrrole nitrogens is 2. The highest BCUT2D eigenvalue weighted by Gasteiger charge is 2.42. The van der Waals surface area contributed by atoms with Crippen molar-refractivity contribution >= 4 is 103 Å². The molecule has 2 aromatic carbocycles. The number of non-ortho nitro benzene ring substituents is 1. The Balaban J connectivity index is 0.000000143. The van der Waals surface area contributed by atoms with Gasteiger partial charge < -0.3 is 49.8 Å². The van der Waals surface area contributed by atoms with Crippen molar-refractivity contribution in [2.24, 2.45) is 21.1 Å². The van der Waals surface area contributed by atoms with E-state index >= 15 is 0 Å². The number of nitrogens with zero attached hydrogens (tertiary/aromatic N) is 18. The molecule has 6 aliphatic heterocycles. The molecule has 16 heterocycles. The number of pyridine rings is 5. The second-order valence-corrected chi connectivity index (χ2v) is 35.7. The number of imidazole rings is 5. The fourth-order valence-corrected chi connectivity index (χ4v) is 17.8. The van der Waals surface area contributed by atoms with E-state index in [2.05, 4.69) is 55.6 Å². The summed E-state index contributed by atoms with van der Waals surface area (Å²) >= 11 is 4.92. The Morgan fingerprint density at radius 3 is 1.25 bits per heavy atom. The number of aromatic amines is 2. The van der Waals surface area contributed by atoms with Gasteiger partial charge in [-0.1, -0.05) is 12.1 Å². The Morgan fingerprint density at radius 2 is 0.858 bits per heavy atom. The van der Waals surface area contributed by atoms with E-state index < -0.39 is 76.4 Å². The highest BCUT2D eigenvalue weighted by Crippen LogP contribution is 2.35. The lowest BCUT2D eigenvalue weighted by molar-refractivity contribution is -0.384. The van der Waals surface area contributed by atoms with E-state index in [1.54, 1.807) is 92.3 Å². The Bertz CT molecular complexity index is 6510. The monoisotopic (exact) mass is 1880 g/mol. The van der Waals surface area contributed by atoms with Crippen LogP contribution >= 0.6 is 11.6 Å². The number of alkyl halides is 3. The molecule has 0 aliphatic carbocycles. The summed E-state index contributed by atoms with van der Waals surface area (Å²) in [6, 6.07) is 25.8. The molecule has 12 aromatic rings. The van der Waals surface area contributed by atoms with Crippen LogP contribution in [0.1, 0.15) is 160 Å². The second kappa shape index (κ2) is 42.6. The molecular weight excluding hydrogens is 1770 g/mol. The zero-order valence-corrected chi connectivity index (χ0v) is 76.4. The number of aryl methyl sites for hydroxylation is 3. The number of hydrogen-bond donors (Lipinski definition) is 5. The Hall–Kier alpha value is -13.5. The van der Waals surface area contributed by atoms with Crippen LogP contribution in [0, 0.1) is 21.7 Å². The number of rotatable bonds is 10. The van der Waals surface area contributed by atoms with Gasteiger partial charge in [0.15, 0.2) is 39.9 Å². The van der Waals surface area contributed by atoms with E-state index in [0.717, 1.165) is 111 Å². The lowest BCUT2D eigenvalue weighted by Gasteiger charge is -2.34. The van der Waals surface area contributed by atoms with Gasteiger partial charge in [-0.05, 0) is 229 Å². The number of amides is 5. The van der Waals surface area contributed by atoms with Crippen molar-refractivity contribution in [1.29, 1.82) is 0 Å². The van der Waals surface area contributed by atoms with Crippen LogP contribution < -0.4 is 49.1 Å². The number of ether oxygens (including phenoxy) is 3. The number of nitro groups is 1. The molecule has 134 heavy (non-hydrogen) atoms. The highest BCUT2D eigenvalue weighted by atomic mass is 35.5. The van der Waals surface area contributed by atoms with Crippen molar-refractivity contribution < 1.29 is 65.1 Å².